The van der Waals surface area contributed by atoms with Crippen LogP contribution in [0.15, 0.2) is 41.3 Å². The lowest BCUT2D eigenvalue weighted by Gasteiger charge is -2.05. The van der Waals surface area contributed by atoms with Crippen LogP contribution in [0.25, 0.3) is 29.3 Å². The highest BCUT2D eigenvalue weighted by Gasteiger charge is 2.17. The first-order valence-corrected chi connectivity index (χ1v) is 18.8. The Morgan fingerprint density at radius 3 is 1.74 bits per heavy atom. The second kappa shape index (κ2) is 15.8. The van der Waals surface area contributed by atoms with E-state index in [1.165, 1.54) is 132 Å². The van der Waals surface area contributed by atoms with Gasteiger partial charge in [0.2, 0.25) is 0 Å². The van der Waals surface area contributed by atoms with Crippen LogP contribution in [0.1, 0.15) is 99.3 Å². The third kappa shape index (κ3) is 8.83. The first kappa shape index (κ1) is 30.1. The minimum atomic E-state index is 1.24. The predicted molar refractivity (Wildman–Crippen MR) is 180 cm³/mol. The molecule has 38 heavy (non-hydrogen) atoms. The second-order valence-electron chi connectivity index (χ2n) is 10.5. The molecule has 4 rings (SSSR count). The zero-order valence-corrected chi connectivity index (χ0v) is 27.8. The fourth-order valence-electron chi connectivity index (χ4n) is 4.88. The molecule has 5 heteroatoms. The molecule has 0 N–H and O–H groups in total. The zero-order valence-electron chi connectivity index (χ0n) is 23.7. The summed E-state index contributed by atoms with van der Waals surface area (Å²) >= 11 is 9.86. The quantitative estimate of drug-likeness (QED) is 0.0858. The molecule has 0 aliphatic heterocycles. The molecule has 0 nitrogen and oxygen atoms in total. The fourth-order valence-corrected chi connectivity index (χ4v) is 10.7. The van der Waals surface area contributed by atoms with Crippen molar-refractivity contribution < 1.29 is 0 Å². The minimum absolute atomic E-state index is 1.24. The largest absolute Gasteiger partial charge is 0.140 e. The Bertz CT molecular complexity index is 1230. The molecule has 0 aliphatic carbocycles. The van der Waals surface area contributed by atoms with Crippen molar-refractivity contribution in [2.75, 3.05) is 5.75 Å². The highest BCUT2D eigenvalue weighted by atomic mass is 32.2. The fraction of sp³-hybridized carbons (Fsp3) is 0.515. The van der Waals surface area contributed by atoms with Gasteiger partial charge in [0.15, 0.2) is 0 Å². The molecule has 0 bridgehead atoms. The predicted octanol–water partition coefficient (Wildman–Crippen LogP) is 13.7. The van der Waals surface area contributed by atoms with Gasteiger partial charge < -0.3 is 0 Å². The lowest BCUT2D eigenvalue weighted by molar-refractivity contribution is 0.548. The molecule has 0 saturated carbocycles. The van der Waals surface area contributed by atoms with Gasteiger partial charge in [-0.1, -0.05) is 77.6 Å². The Morgan fingerprint density at radius 1 is 0.526 bits per heavy atom. The lowest BCUT2D eigenvalue weighted by Crippen LogP contribution is -1.84. The number of thioether (sulfide) groups is 1. The summed E-state index contributed by atoms with van der Waals surface area (Å²) < 4.78 is 0. The first-order valence-electron chi connectivity index (χ1n) is 14.6. The van der Waals surface area contributed by atoms with Gasteiger partial charge in [-0.3, -0.25) is 0 Å². The highest BCUT2D eigenvalue weighted by molar-refractivity contribution is 7.99. The van der Waals surface area contributed by atoms with Gasteiger partial charge in [-0.2, -0.15) is 0 Å². The summed E-state index contributed by atoms with van der Waals surface area (Å²) in [6.45, 7) is 9.04. The Hall–Kier alpha value is -0.850. The van der Waals surface area contributed by atoms with Crippen LogP contribution in [0.5, 0.6) is 0 Å². The van der Waals surface area contributed by atoms with Crippen molar-refractivity contribution in [3.05, 3.63) is 51.7 Å². The molecule has 0 unspecified atom stereocenters. The van der Waals surface area contributed by atoms with Gasteiger partial charge in [0, 0.05) is 39.0 Å². The summed E-state index contributed by atoms with van der Waals surface area (Å²) in [6.07, 6.45) is 17.0. The Morgan fingerprint density at radius 2 is 1.11 bits per heavy atom. The maximum absolute atomic E-state index is 2.42. The van der Waals surface area contributed by atoms with Gasteiger partial charge in [0.1, 0.15) is 0 Å². The van der Waals surface area contributed by atoms with Gasteiger partial charge in [-0.15, -0.1) is 57.1 Å². The number of hydrogen-bond acceptors (Lipinski definition) is 5. The van der Waals surface area contributed by atoms with E-state index in [0.717, 1.165) is 0 Å². The SMILES string of the molecule is CCCCCCCCCCCCCCSc1cc(C)sc1-c1sc(-c2ccc(-c3ccc(C)s3)s2)cc1C. The van der Waals surface area contributed by atoms with Crippen LogP contribution >= 0.6 is 57.1 Å². The molecular formula is C33H44S5. The average Bonchev–Trinajstić information content (AvgIpc) is 3.69. The van der Waals surface area contributed by atoms with Crippen molar-refractivity contribution in [2.45, 2.75) is 110 Å². The molecule has 0 saturated heterocycles. The van der Waals surface area contributed by atoms with Crippen LogP contribution in [0.2, 0.25) is 0 Å². The van der Waals surface area contributed by atoms with E-state index in [-0.39, 0.29) is 0 Å². The second-order valence-corrected chi connectivity index (χ2v) is 16.3. The van der Waals surface area contributed by atoms with E-state index in [0.29, 0.717) is 0 Å². The van der Waals surface area contributed by atoms with E-state index in [9.17, 15) is 0 Å². The maximum atomic E-state index is 2.42. The van der Waals surface area contributed by atoms with Crippen LogP contribution in [-0.2, 0) is 0 Å². The number of unbranched alkanes of at least 4 members (excludes halogenated alkanes) is 11. The minimum Gasteiger partial charge on any atom is -0.140 e. The summed E-state index contributed by atoms with van der Waals surface area (Å²) in [5.74, 6) is 1.24. The van der Waals surface area contributed by atoms with Crippen molar-refractivity contribution in [1.82, 2.24) is 0 Å². The molecular weight excluding hydrogens is 557 g/mol. The van der Waals surface area contributed by atoms with E-state index in [1.54, 1.807) is 0 Å². The van der Waals surface area contributed by atoms with Crippen molar-refractivity contribution in [2.24, 2.45) is 0 Å². The third-order valence-electron chi connectivity index (χ3n) is 7.03. The van der Waals surface area contributed by atoms with Crippen LogP contribution in [0.4, 0.5) is 0 Å². The summed E-state index contributed by atoms with van der Waals surface area (Å²) in [5.41, 5.74) is 1.42. The highest BCUT2D eigenvalue weighted by Crippen LogP contribution is 2.47. The van der Waals surface area contributed by atoms with Crippen LogP contribution in [0.3, 0.4) is 0 Å². The number of thiophene rings is 4. The normalized spacial score (nSPS) is 11.6. The Labute approximate surface area is 251 Å². The van der Waals surface area contributed by atoms with Crippen molar-refractivity contribution in [1.29, 1.82) is 0 Å². The van der Waals surface area contributed by atoms with Gasteiger partial charge in [0.25, 0.3) is 0 Å². The molecule has 0 aliphatic rings. The standard InChI is InChI=1S/C33H44S5/c1-5-6-7-8-9-10-11-12-13-14-15-16-21-34-31-23-26(4)36-33(31)32-24(2)22-30(38-32)29-20-19-28(37-29)27-18-17-25(3)35-27/h17-20,22-23H,5-16,21H2,1-4H3. The molecule has 0 radical (unpaired) electrons. The smallest absolute Gasteiger partial charge is 0.0584 e. The molecule has 0 aromatic carbocycles. The lowest BCUT2D eigenvalue weighted by atomic mass is 10.1. The van der Waals surface area contributed by atoms with Crippen molar-refractivity contribution >= 4 is 57.1 Å². The molecule has 0 spiro atoms. The third-order valence-corrected chi connectivity index (χ3v) is 13.2. The summed E-state index contributed by atoms with van der Waals surface area (Å²) in [6, 6.07) is 13.9. The molecule has 0 amide bonds. The van der Waals surface area contributed by atoms with Gasteiger partial charge in [0.05, 0.1) is 4.88 Å². The van der Waals surface area contributed by atoms with Crippen LogP contribution in [0, 0.1) is 20.8 Å². The van der Waals surface area contributed by atoms with E-state index in [4.69, 9.17) is 0 Å². The van der Waals surface area contributed by atoms with Gasteiger partial charge >= 0.3 is 0 Å². The average molecular weight is 601 g/mol. The monoisotopic (exact) mass is 600 g/mol. The Kier molecular flexibility index (Phi) is 12.5. The molecule has 206 valence electrons. The van der Waals surface area contributed by atoms with Crippen molar-refractivity contribution in [3.8, 4) is 29.3 Å². The van der Waals surface area contributed by atoms with E-state index in [1.807, 2.05) is 45.3 Å². The van der Waals surface area contributed by atoms with E-state index >= 15 is 0 Å². The Balaban J connectivity index is 1.24. The topological polar surface area (TPSA) is 0 Å². The molecule has 4 aromatic rings. The number of hydrogen-bond donors (Lipinski definition) is 0. The molecule has 0 atom stereocenters. The molecule has 0 fully saturated rings. The summed E-state index contributed by atoms with van der Waals surface area (Å²) in [7, 11) is 0. The first-order chi connectivity index (χ1) is 18.5. The zero-order chi connectivity index (χ0) is 26.7. The number of aryl methyl sites for hydroxylation is 3. The van der Waals surface area contributed by atoms with Gasteiger partial charge in [-0.25, -0.2) is 0 Å². The molecule has 4 aromatic heterocycles. The molecule has 4 heterocycles. The maximum Gasteiger partial charge on any atom is 0.0584 e. The van der Waals surface area contributed by atoms with Crippen LogP contribution < -0.4 is 0 Å². The van der Waals surface area contributed by atoms with E-state index in [2.05, 4.69) is 75.9 Å². The number of rotatable bonds is 17. The summed E-state index contributed by atoms with van der Waals surface area (Å²) in [5, 5.41) is 0. The van der Waals surface area contributed by atoms with E-state index < -0.39 is 0 Å². The van der Waals surface area contributed by atoms with Crippen LogP contribution in [-0.4, -0.2) is 5.75 Å². The van der Waals surface area contributed by atoms with Crippen molar-refractivity contribution in [3.63, 3.8) is 0 Å². The summed E-state index contributed by atoms with van der Waals surface area (Å²) in [4.78, 5) is 12.8. The van der Waals surface area contributed by atoms with Gasteiger partial charge in [-0.05, 0) is 74.9 Å².